The van der Waals surface area contributed by atoms with Crippen molar-refractivity contribution in [3.8, 4) is 5.75 Å². The number of para-hydroxylation sites is 1. The van der Waals surface area contributed by atoms with Gasteiger partial charge in [-0.3, -0.25) is 4.90 Å². The van der Waals surface area contributed by atoms with E-state index in [0.29, 0.717) is 6.61 Å². The monoisotopic (exact) mass is 317 g/mol. The first-order chi connectivity index (χ1) is 10.9. The lowest BCUT2D eigenvalue weighted by Gasteiger charge is -2.32. The van der Waals surface area contributed by atoms with Crippen LogP contribution in [0.2, 0.25) is 0 Å². The molecule has 4 nitrogen and oxygen atoms in total. The predicted octanol–water partition coefficient (Wildman–Crippen LogP) is 2.46. The maximum absolute atomic E-state index is 6.16. The zero-order valence-electron chi connectivity index (χ0n) is 14.8. The van der Waals surface area contributed by atoms with Crippen molar-refractivity contribution in [2.75, 3.05) is 26.2 Å². The van der Waals surface area contributed by atoms with Crippen molar-refractivity contribution >= 4 is 12.6 Å². The van der Waals surface area contributed by atoms with Crippen LogP contribution in [0, 0.1) is 0 Å². The van der Waals surface area contributed by atoms with Crippen molar-refractivity contribution in [1.82, 2.24) is 4.90 Å². The van der Waals surface area contributed by atoms with E-state index in [4.69, 9.17) is 14.0 Å². The van der Waals surface area contributed by atoms with E-state index in [9.17, 15) is 0 Å². The molecule has 0 atom stereocenters. The third kappa shape index (κ3) is 3.57. The van der Waals surface area contributed by atoms with Crippen LogP contribution in [-0.4, -0.2) is 49.5 Å². The van der Waals surface area contributed by atoms with E-state index in [0.717, 1.165) is 17.8 Å². The Balaban J connectivity index is 1.66. The summed E-state index contributed by atoms with van der Waals surface area (Å²) in [7, 11) is -0.372. The second-order valence-corrected chi connectivity index (χ2v) is 7.52. The second kappa shape index (κ2) is 6.46. The maximum atomic E-state index is 6.16. The van der Waals surface area contributed by atoms with Gasteiger partial charge in [0.25, 0.3) is 0 Å². The van der Waals surface area contributed by atoms with Gasteiger partial charge in [0.1, 0.15) is 12.4 Å². The molecule has 1 aromatic carbocycles. The van der Waals surface area contributed by atoms with E-state index in [-0.39, 0.29) is 18.3 Å². The molecule has 2 fully saturated rings. The molecule has 0 aliphatic carbocycles. The molecule has 23 heavy (non-hydrogen) atoms. The molecule has 0 amide bonds. The molecule has 2 aliphatic rings. The van der Waals surface area contributed by atoms with E-state index in [1.807, 2.05) is 24.3 Å². The summed E-state index contributed by atoms with van der Waals surface area (Å²) in [6.45, 7) is 12.4. The number of hydrogen-bond donors (Lipinski definition) is 0. The lowest BCUT2D eigenvalue weighted by Crippen LogP contribution is -2.41. The Kier molecular flexibility index (Phi) is 4.72. The van der Waals surface area contributed by atoms with E-state index in [1.54, 1.807) is 0 Å². The Labute approximate surface area is 140 Å². The number of rotatable bonds is 5. The van der Waals surface area contributed by atoms with E-state index >= 15 is 0 Å². The molecule has 126 valence electrons. The highest BCUT2D eigenvalue weighted by molar-refractivity contribution is 6.63. The number of likely N-dealkylation sites (tertiary alicyclic amines) is 1. The van der Waals surface area contributed by atoms with Gasteiger partial charge in [-0.25, -0.2) is 0 Å². The summed E-state index contributed by atoms with van der Waals surface area (Å²) in [4.78, 5) is 2.46. The average molecular weight is 317 g/mol. The minimum atomic E-state index is -0.372. The number of hydrogen-bond acceptors (Lipinski definition) is 4. The Morgan fingerprint density at radius 2 is 1.65 bits per heavy atom. The third-order valence-electron chi connectivity index (χ3n) is 5.29. The summed E-state index contributed by atoms with van der Waals surface area (Å²) in [5.41, 5.74) is 0.313. The lowest BCUT2D eigenvalue weighted by atomic mass is 9.78. The van der Waals surface area contributed by atoms with Gasteiger partial charge in [0.2, 0.25) is 0 Å². The quantitative estimate of drug-likeness (QED) is 0.781. The van der Waals surface area contributed by atoms with Crippen LogP contribution in [0.4, 0.5) is 0 Å². The topological polar surface area (TPSA) is 30.9 Å². The predicted molar refractivity (Wildman–Crippen MR) is 93.3 cm³/mol. The molecule has 0 aromatic heterocycles. The van der Waals surface area contributed by atoms with E-state index in [1.165, 1.54) is 25.9 Å². The summed E-state index contributed by atoms with van der Waals surface area (Å²) >= 11 is 0. The van der Waals surface area contributed by atoms with Crippen LogP contribution < -0.4 is 10.2 Å². The van der Waals surface area contributed by atoms with Gasteiger partial charge < -0.3 is 14.0 Å². The first-order valence-electron chi connectivity index (χ1n) is 8.69. The SMILES string of the molecule is CC1(C)OB(c2ccccc2OCCN2CCCC2)OC1(C)C. The second-order valence-electron chi connectivity index (χ2n) is 7.52. The van der Waals surface area contributed by atoms with E-state index < -0.39 is 0 Å². The van der Waals surface area contributed by atoms with Crippen molar-refractivity contribution in [2.45, 2.75) is 51.7 Å². The molecule has 3 rings (SSSR count). The molecule has 0 bridgehead atoms. The summed E-state index contributed by atoms with van der Waals surface area (Å²) in [6, 6.07) is 8.05. The lowest BCUT2D eigenvalue weighted by molar-refractivity contribution is 0.00578. The largest absolute Gasteiger partial charge is 0.498 e. The molecular weight excluding hydrogens is 289 g/mol. The Morgan fingerprint density at radius 1 is 1.04 bits per heavy atom. The number of benzene rings is 1. The van der Waals surface area contributed by atoms with Gasteiger partial charge in [0, 0.05) is 12.0 Å². The van der Waals surface area contributed by atoms with E-state index in [2.05, 4.69) is 32.6 Å². The van der Waals surface area contributed by atoms with Crippen molar-refractivity contribution in [3.63, 3.8) is 0 Å². The van der Waals surface area contributed by atoms with Crippen molar-refractivity contribution in [2.24, 2.45) is 0 Å². The van der Waals surface area contributed by atoms with Crippen LogP contribution in [0.3, 0.4) is 0 Å². The Morgan fingerprint density at radius 3 is 2.30 bits per heavy atom. The standard InChI is InChI=1S/C18H28BNO3/c1-17(2)18(3,4)23-19(22-17)15-9-5-6-10-16(15)21-14-13-20-11-7-8-12-20/h5-6,9-10H,7-8,11-14H2,1-4H3. The van der Waals surface area contributed by atoms with Gasteiger partial charge in [-0.05, 0) is 59.7 Å². The van der Waals surface area contributed by atoms with Crippen molar-refractivity contribution in [1.29, 1.82) is 0 Å². The smallest absolute Gasteiger partial charge is 0.493 e. The minimum absolute atomic E-state index is 0.333. The van der Waals surface area contributed by atoms with Gasteiger partial charge in [0.15, 0.2) is 0 Å². The van der Waals surface area contributed by atoms with Crippen LogP contribution in [0.15, 0.2) is 24.3 Å². The van der Waals surface area contributed by atoms with Gasteiger partial charge in [0.05, 0.1) is 11.2 Å². The van der Waals surface area contributed by atoms with Gasteiger partial charge in [-0.15, -0.1) is 0 Å². The Bertz CT molecular complexity index is 525. The van der Waals surface area contributed by atoms with Crippen LogP contribution in [0.5, 0.6) is 5.75 Å². The summed E-state index contributed by atoms with van der Waals surface area (Å²) in [5, 5.41) is 0. The van der Waals surface area contributed by atoms with Gasteiger partial charge in [-0.1, -0.05) is 18.2 Å². The van der Waals surface area contributed by atoms with Crippen molar-refractivity contribution < 1.29 is 14.0 Å². The highest BCUT2D eigenvalue weighted by Gasteiger charge is 2.52. The molecule has 5 heteroatoms. The van der Waals surface area contributed by atoms with Gasteiger partial charge in [-0.2, -0.15) is 0 Å². The minimum Gasteiger partial charge on any atom is -0.493 e. The first kappa shape index (κ1) is 16.8. The molecule has 2 saturated heterocycles. The molecule has 0 saturated carbocycles. The zero-order valence-corrected chi connectivity index (χ0v) is 14.8. The normalized spacial score (nSPS) is 23.4. The number of ether oxygens (including phenoxy) is 1. The molecule has 0 N–H and O–H groups in total. The van der Waals surface area contributed by atoms with Gasteiger partial charge >= 0.3 is 7.12 Å². The molecular formula is C18H28BNO3. The fraction of sp³-hybridized carbons (Fsp3) is 0.667. The number of nitrogens with zero attached hydrogens (tertiary/aromatic N) is 1. The van der Waals surface area contributed by atoms with Crippen LogP contribution in [0.1, 0.15) is 40.5 Å². The Hall–Kier alpha value is -1.04. The summed E-state index contributed by atoms with van der Waals surface area (Å²) in [5.74, 6) is 0.866. The molecule has 0 unspecified atom stereocenters. The molecule has 2 heterocycles. The van der Waals surface area contributed by atoms with Crippen LogP contribution in [0.25, 0.3) is 0 Å². The highest BCUT2D eigenvalue weighted by atomic mass is 16.7. The molecule has 0 spiro atoms. The maximum Gasteiger partial charge on any atom is 0.498 e. The summed E-state index contributed by atoms with van der Waals surface area (Å²) < 4.78 is 18.4. The highest BCUT2D eigenvalue weighted by Crippen LogP contribution is 2.37. The third-order valence-corrected chi connectivity index (χ3v) is 5.29. The molecule has 1 aromatic rings. The molecule has 0 radical (unpaired) electrons. The zero-order chi connectivity index (χ0) is 16.5. The average Bonchev–Trinajstić information content (AvgIpc) is 3.06. The van der Waals surface area contributed by atoms with Crippen molar-refractivity contribution in [3.05, 3.63) is 24.3 Å². The fourth-order valence-corrected chi connectivity index (χ4v) is 3.07. The molecule has 2 aliphatic heterocycles. The van der Waals surface area contributed by atoms with Crippen LogP contribution in [-0.2, 0) is 9.31 Å². The summed E-state index contributed by atoms with van der Waals surface area (Å²) in [6.07, 6.45) is 2.62. The van der Waals surface area contributed by atoms with Crippen LogP contribution >= 0.6 is 0 Å². The fourth-order valence-electron chi connectivity index (χ4n) is 3.07. The first-order valence-corrected chi connectivity index (χ1v) is 8.69.